The number of nitrogens with zero attached hydrogens (tertiary/aromatic N) is 2. The summed E-state index contributed by atoms with van der Waals surface area (Å²) in [5.74, 6) is 0. The van der Waals surface area contributed by atoms with Crippen molar-refractivity contribution in [3.05, 3.63) is 54.1 Å². The number of carboxylic acid groups (broad SMARTS) is 1. The highest BCUT2D eigenvalue weighted by molar-refractivity contribution is 7.99. The van der Waals surface area contributed by atoms with E-state index in [2.05, 4.69) is 74.2 Å². The zero-order chi connectivity index (χ0) is 19.6. The van der Waals surface area contributed by atoms with Gasteiger partial charge in [-0.2, -0.15) is 0 Å². The molecule has 0 bridgehead atoms. The molecular weight excluding hydrogens is 356 g/mol. The zero-order valence-electron chi connectivity index (χ0n) is 16.5. The third kappa shape index (κ3) is 4.59. The lowest BCUT2D eigenvalue weighted by Gasteiger charge is -2.40. The van der Waals surface area contributed by atoms with Crippen LogP contribution in [0.2, 0.25) is 0 Å². The number of rotatable bonds is 3. The first-order valence-corrected chi connectivity index (χ1v) is 10.2. The maximum Gasteiger partial charge on any atom is 0.407 e. The Bertz CT molecular complexity index is 799. The van der Waals surface area contributed by atoms with E-state index in [4.69, 9.17) is 0 Å². The Morgan fingerprint density at radius 3 is 2.33 bits per heavy atom. The minimum Gasteiger partial charge on any atom is -0.465 e. The molecule has 1 N–H and O–H groups in total. The maximum absolute atomic E-state index is 11.3. The molecule has 2 aromatic carbocycles. The summed E-state index contributed by atoms with van der Waals surface area (Å²) >= 11 is 1.76. The molecule has 1 atom stereocenters. The predicted octanol–water partition coefficient (Wildman–Crippen LogP) is 5.32. The lowest BCUT2D eigenvalue weighted by Crippen LogP contribution is -2.53. The van der Waals surface area contributed by atoms with Crippen molar-refractivity contribution >= 4 is 23.5 Å². The summed E-state index contributed by atoms with van der Waals surface area (Å²) in [6.45, 7) is 10.6. The second-order valence-electron chi connectivity index (χ2n) is 8.12. The highest BCUT2D eigenvalue weighted by atomic mass is 32.2. The fourth-order valence-corrected chi connectivity index (χ4v) is 4.39. The average molecular weight is 385 g/mol. The van der Waals surface area contributed by atoms with E-state index >= 15 is 0 Å². The van der Waals surface area contributed by atoms with Crippen molar-refractivity contribution in [3.63, 3.8) is 0 Å². The molecule has 5 heteroatoms. The summed E-state index contributed by atoms with van der Waals surface area (Å²) in [5.41, 5.74) is 2.67. The Morgan fingerprint density at radius 2 is 1.74 bits per heavy atom. The van der Waals surface area contributed by atoms with E-state index in [0.29, 0.717) is 13.1 Å². The smallest absolute Gasteiger partial charge is 0.407 e. The number of piperazine rings is 1. The molecule has 1 aliphatic heterocycles. The Kier molecular flexibility index (Phi) is 5.70. The van der Waals surface area contributed by atoms with Crippen molar-refractivity contribution in [2.24, 2.45) is 0 Å². The van der Waals surface area contributed by atoms with Gasteiger partial charge >= 0.3 is 6.09 Å². The normalized spacial score (nSPS) is 17.9. The molecule has 3 rings (SSSR count). The fourth-order valence-electron chi connectivity index (χ4n) is 3.42. The van der Waals surface area contributed by atoms with Crippen LogP contribution in [0, 0.1) is 0 Å². The van der Waals surface area contributed by atoms with Gasteiger partial charge < -0.3 is 14.9 Å². The number of carbonyl (C=O) groups is 1. The topological polar surface area (TPSA) is 43.8 Å². The first-order chi connectivity index (χ1) is 12.8. The molecule has 1 saturated heterocycles. The molecule has 27 heavy (non-hydrogen) atoms. The molecule has 1 heterocycles. The van der Waals surface area contributed by atoms with Crippen molar-refractivity contribution in [1.82, 2.24) is 4.90 Å². The summed E-state index contributed by atoms with van der Waals surface area (Å²) in [6, 6.07) is 17.2. The summed E-state index contributed by atoms with van der Waals surface area (Å²) in [7, 11) is 0. The standard InChI is InChI=1S/C22H28N2O2S/c1-16-15-23(13-14-24(16)21(25)26)19-7-5-6-8-20(19)27-18-11-9-17(10-12-18)22(2,3)4/h5-12,16H,13-15H2,1-4H3,(H,25,26). The van der Waals surface area contributed by atoms with Gasteiger partial charge in [-0.3, -0.25) is 0 Å². The van der Waals surface area contributed by atoms with Crippen LogP contribution in [0.15, 0.2) is 58.3 Å². The van der Waals surface area contributed by atoms with Crippen LogP contribution in [0.1, 0.15) is 33.3 Å². The molecule has 0 aromatic heterocycles. The van der Waals surface area contributed by atoms with Gasteiger partial charge in [-0.1, -0.05) is 56.8 Å². The largest absolute Gasteiger partial charge is 0.465 e. The van der Waals surface area contributed by atoms with Gasteiger partial charge in [0.15, 0.2) is 0 Å². The minimum atomic E-state index is -0.830. The average Bonchev–Trinajstić information content (AvgIpc) is 2.61. The van der Waals surface area contributed by atoms with Crippen LogP contribution in [0.4, 0.5) is 10.5 Å². The van der Waals surface area contributed by atoms with E-state index in [1.165, 1.54) is 25.9 Å². The monoisotopic (exact) mass is 384 g/mol. The molecule has 1 unspecified atom stereocenters. The van der Waals surface area contributed by atoms with E-state index in [1.54, 1.807) is 11.8 Å². The lowest BCUT2D eigenvalue weighted by atomic mass is 9.87. The summed E-state index contributed by atoms with van der Waals surface area (Å²) in [5, 5.41) is 9.30. The fraction of sp³-hybridized carbons (Fsp3) is 0.409. The van der Waals surface area contributed by atoms with Gasteiger partial charge in [-0.25, -0.2) is 4.79 Å². The van der Waals surface area contributed by atoms with Gasteiger partial charge in [-0.15, -0.1) is 0 Å². The first-order valence-electron chi connectivity index (χ1n) is 9.37. The van der Waals surface area contributed by atoms with Gasteiger partial charge in [0, 0.05) is 35.5 Å². The molecule has 0 radical (unpaired) electrons. The SMILES string of the molecule is CC1CN(c2ccccc2Sc2ccc(C(C)(C)C)cc2)CCN1C(=O)O. The first kappa shape index (κ1) is 19.6. The third-order valence-electron chi connectivity index (χ3n) is 5.03. The van der Waals surface area contributed by atoms with Crippen LogP contribution in [0.25, 0.3) is 0 Å². The Hall–Kier alpha value is -2.14. The summed E-state index contributed by atoms with van der Waals surface area (Å²) < 4.78 is 0. The molecule has 0 spiro atoms. The molecule has 1 aliphatic rings. The number of anilines is 1. The number of para-hydroxylation sites is 1. The minimum absolute atomic E-state index is 0.0135. The van der Waals surface area contributed by atoms with E-state index < -0.39 is 6.09 Å². The van der Waals surface area contributed by atoms with E-state index in [1.807, 2.05) is 6.92 Å². The molecular formula is C22H28N2O2S. The highest BCUT2D eigenvalue weighted by Crippen LogP contribution is 2.37. The van der Waals surface area contributed by atoms with Gasteiger partial charge in [0.1, 0.15) is 0 Å². The van der Waals surface area contributed by atoms with Crippen LogP contribution in [-0.4, -0.2) is 41.8 Å². The van der Waals surface area contributed by atoms with Gasteiger partial charge in [0.05, 0.1) is 5.69 Å². The van der Waals surface area contributed by atoms with Gasteiger partial charge in [0.2, 0.25) is 0 Å². The Morgan fingerprint density at radius 1 is 1.07 bits per heavy atom. The van der Waals surface area contributed by atoms with Crippen molar-refractivity contribution < 1.29 is 9.90 Å². The Balaban J connectivity index is 1.78. The van der Waals surface area contributed by atoms with Crippen LogP contribution >= 0.6 is 11.8 Å². The number of benzene rings is 2. The van der Waals surface area contributed by atoms with Crippen LogP contribution in [0.3, 0.4) is 0 Å². The van der Waals surface area contributed by atoms with Crippen molar-refractivity contribution in [1.29, 1.82) is 0 Å². The quantitative estimate of drug-likeness (QED) is 0.777. The van der Waals surface area contributed by atoms with Crippen molar-refractivity contribution in [3.8, 4) is 0 Å². The van der Waals surface area contributed by atoms with Crippen molar-refractivity contribution in [2.75, 3.05) is 24.5 Å². The third-order valence-corrected chi connectivity index (χ3v) is 6.10. The molecule has 4 nitrogen and oxygen atoms in total. The molecule has 1 amide bonds. The molecule has 0 saturated carbocycles. The molecule has 0 aliphatic carbocycles. The van der Waals surface area contributed by atoms with E-state index in [-0.39, 0.29) is 11.5 Å². The number of amides is 1. The second kappa shape index (κ2) is 7.85. The number of hydrogen-bond donors (Lipinski definition) is 1. The molecule has 144 valence electrons. The van der Waals surface area contributed by atoms with E-state index in [9.17, 15) is 9.90 Å². The number of hydrogen-bond acceptors (Lipinski definition) is 3. The molecule has 1 fully saturated rings. The maximum atomic E-state index is 11.3. The molecule has 2 aromatic rings. The van der Waals surface area contributed by atoms with Crippen molar-refractivity contribution in [2.45, 2.75) is 48.9 Å². The Labute approximate surface area is 166 Å². The van der Waals surface area contributed by atoms with Crippen LogP contribution < -0.4 is 4.90 Å². The zero-order valence-corrected chi connectivity index (χ0v) is 17.3. The summed E-state index contributed by atoms with van der Waals surface area (Å²) in [6.07, 6.45) is -0.830. The lowest BCUT2D eigenvalue weighted by molar-refractivity contribution is 0.122. The van der Waals surface area contributed by atoms with E-state index in [0.717, 1.165) is 6.54 Å². The van der Waals surface area contributed by atoms with Gasteiger partial charge in [0.25, 0.3) is 0 Å². The summed E-state index contributed by atoms with van der Waals surface area (Å²) in [4.78, 5) is 17.6. The van der Waals surface area contributed by atoms with Crippen LogP contribution in [0.5, 0.6) is 0 Å². The second-order valence-corrected chi connectivity index (χ2v) is 9.23. The predicted molar refractivity (Wildman–Crippen MR) is 112 cm³/mol. The highest BCUT2D eigenvalue weighted by Gasteiger charge is 2.28. The van der Waals surface area contributed by atoms with Crippen LogP contribution in [-0.2, 0) is 5.41 Å². The van der Waals surface area contributed by atoms with Gasteiger partial charge in [-0.05, 0) is 42.2 Å².